The van der Waals surface area contributed by atoms with Gasteiger partial charge in [-0.15, -0.1) is 0 Å². The smallest absolute Gasteiger partial charge is 0.163 e. The second-order valence-corrected chi connectivity index (χ2v) is 4.08. The van der Waals surface area contributed by atoms with E-state index in [1.54, 1.807) is 18.2 Å². The number of ketones is 1. The highest BCUT2D eigenvalue weighted by molar-refractivity contribution is 5.97. The van der Waals surface area contributed by atoms with E-state index in [4.69, 9.17) is 15.2 Å². The van der Waals surface area contributed by atoms with E-state index in [0.717, 1.165) is 0 Å². The predicted octanol–water partition coefficient (Wildman–Crippen LogP) is 2.28. The van der Waals surface area contributed by atoms with Crippen molar-refractivity contribution < 1.29 is 14.3 Å². The number of hydrogen-bond donors (Lipinski definition) is 1. The van der Waals surface area contributed by atoms with Crippen molar-refractivity contribution in [2.24, 2.45) is 0 Å². The van der Waals surface area contributed by atoms with Gasteiger partial charge in [0.1, 0.15) is 12.4 Å². The van der Waals surface area contributed by atoms with Crippen molar-refractivity contribution in [2.75, 3.05) is 18.9 Å². The fourth-order valence-electron chi connectivity index (χ4n) is 1.38. The first-order valence-electron chi connectivity index (χ1n) is 5.65. The lowest BCUT2D eigenvalue weighted by atomic mass is 10.1. The molecule has 0 aliphatic heterocycles. The molecule has 0 bridgehead atoms. The second-order valence-electron chi connectivity index (χ2n) is 4.08. The highest BCUT2D eigenvalue weighted by atomic mass is 16.5. The van der Waals surface area contributed by atoms with E-state index in [9.17, 15) is 4.79 Å². The van der Waals surface area contributed by atoms with E-state index in [-0.39, 0.29) is 11.9 Å². The SMILES string of the molecule is CC(=O)c1cc(N)ccc1OCCOC(C)C. The molecule has 0 atom stereocenters. The van der Waals surface area contributed by atoms with Gasteiger partial charge < -0.3 is 15.2 Å². The van der Waals surface area contributed by atoms with Crippen LogP contribution >= 0.6 is 0 Å². The molecular formula is C13H19NO3. The van der Waals surface area contributed by atoms with E-state index < -0.39 is 0 Å². The van der Waals surface area contributed by atoms with Gasteiger partial charge in [-0.3, -0.25) is 4.79 Å². The highest BCUT2D eigenvalue weighted by Crippen LogP contribution is 2.21. The number of carbonyl (C=O) groups is 1. The van der Waals surface area contributed by atoms with Crippen LogP contribution in [0.1, 0.15) is 31.1 Å². The maximum atomic E-state index is 11.4. The maximum absolute atomic E-state index is 11.4. The zero-order chi connectivity index (χ0) is 12.8. The number of ether oxygens (including phenoxy) is 2. The van der Waals surface area contributed by atoms with Gasteiger partial charge in [0.05, 0.1) is 18.3 Å². The van der Waals surface area contributed by atoms with Crippen LogP contribution < -0.4 is 10.5 Å². The Bertz CT molecular complexity index is 388. The quantitative estimate of drug-likeness (QED) is 0.468. The Morgan fingerprint density at radius 2 is 2.06 bits per heavy atom. The van der Waals surface area contributed by atoms with E-state index in [1.807, 2.05) is 13.8 Å². The fraction of sp³-hybridized carbons (Fsp3) is 0.462. The average Bonchev–Trinajstić information content (AvgIpc) is 2.25. The average molecular weight is 237 g/mol. The molecule has 0 saturated carbocycles. The lowest BCUT2D eigenvalue weighted by molar-refractivity contribution is 0.0549. The molecule has 0 heterocycles. The van der Waals surface area contributed by atoms with Gasteiger partial charge >= 0.3 is 0 Å². The van der Waals surface area contributed by atoms with Crippen molar-refractivity contribution in [3.8, 4) is 5.75 Å². The minimum Gasteiger partial charge on any atom is -0.490 e. The molecule has 1 aromatic carbocycles. The molecule has 0 radical (unpaired) electrons. The normalized spacial score (nSPS) is 10.6. The maximum Gasteiger partial charge on any atom is 0.163 e. The molecule has 94 valence electrons. The molecule has 0 unspecified atom stereocenters. The molecule has 4 nitrogen and oxygen atoms in total. The zero-order valence-corrected chi connectivity index (χ0v) is 10.5. The number of nitrogen functional groups attached to an aromatic ring is 1. The number of anilines is 1. The molecule has 0 aliphatic carbocycles. The van der Waals surface area contributed by atoms with Gasteiger partial charge in [-0.1, -0.05) is 0 Å². The first-order chi connectivity index (χ1) is 8.00. The summed E-state index contributed by atoms with van der Waals surface area (Å²) in [5.41, 5.74) is 6.69. The Hall–Kier alpha value is -1.55. The van der Waals surface area contributed by atoms with Gasteiger partial charge in [0.25, 0.3) is 0 Å². The monoisotopic (exact) mass is 237 g/mol. The predicted molar refractivity (Wildman–Crippen MR) is 67.4 cm³/mol. The van der Waals surface area contributed by atoms with Crippen LogP contribution in [0.25, 0.3) is 0 Å². The van der Waals surface area contributed by atoms with Gasteiger partial charge in [-0.2, -0.15) is 0 Å². The first-order valence-corrected chi connectivity index (χ1v) is 5.65. The Kier molecular flexibility index (Phi) is 4.97. The summed E-state index contributed by atoms with van der Waals surface area (Å²) in [4.78, 5) is 11.4. The standard InChI is InChI=1S/C13H19NO3/c1-9(2)16-6-7-17-13-5-4-11(14)8-12(13)10(3)15/h4-5,8-9H,6-7,14H2,1-3H3. The lowest BCUT2D eigenvalue weighted by Gasteiger charge is -2.12. The number of Topliss-reactive ketones (excluding diaryl/α,β-unsaturated/α-hetero) is 1. The van der Waals surface area contributed by atoms with Crippen molar-refractivity contribution in [2.45, 2.75) is 26.9 Å². The molecule has 4 heteroatoms. The van der Waals surface area contributed by atoms with Crippen LogP contribution in [0.15, 0.2) is 18.2 Å². The summed E-state index contributed by atoms with van der Waals surface area (Å²) in [7, 11) is 0. The molecule has 0 aliphatic rings. The van der Waals surface area contributed by atoms with E-state index in [2.05, 4.69) is 0 Å². The van der Waals surface area contributed by atoms with Gasteiger partial charge in [-0.25, -0.2) is 0 Å². The first kappa shape index (κ1) is 13.5. The van der Waals surface area contributed by atoms with E-state index in [0.29, 0.717) is 30.2 Å². The summed E-state index contributed by atoms with van der Waals surface area (Å²) in [5.74, 6) is 0.496. The Labute approximate surface area is 102 Å². The van der Waals surface area contributed by atoms with E-state index >= 15 is 0 Å². The lowest BCUT2D eigenvalue weighted by Crippen LogP contribution is -2.12. The van der Waals surface area contributed by atoms with E-state index in [1.165, 1.54) is 6.92 Å². The summed E-state index contributed by atoms with van der Waals surface area (Å²) in [6.07, 6.45) is 0.178. The summed E-state index contributed by atoms with van der Waals surface area (Å²) < 4.78 is 10.9. The summed E-state index contributed by atoms with van der Waals surface area (Å²) in [5, 5.41) is 0. The van der Waals surface area contributed by atoms with Gasteiger partial charge in [0, 0.05) is 5.69 Å². The molecule has 2 N–H and O–H groups in total. The van der Waals surface area contributed by atoms with Crippen LogP contribution in [0.4, 0.5) is 5.69 Å². The van der Waals surface area contributed by atoms with Crippen LogP contribution in [0, 0.1) is 0 Å². The molecule has 1 rings (SSSR count). The Morgan fingerprint density at radius 3 is 2.65 bits per heavy atom. The van der Waals surface area contributed by atoms with Crippen molar-refractivity contribution in [3.63, 3.8) is 0 Å². The molecule has 17 heavy (non-hydrogen) atoms. The third-order valence-corrected chi connectivity index (χ3v) is 2.17. The topological polar surface area (TPSA) is 61.6 Å². The number of nitrogens with two attached hydrogens (primary N) is 1. The minimum absolute atomic E-state index is 0.0583. The van der Waals surface area contributed by atoms with Crippen LogP contribution in [0.3, 0.4) is 0 Å². The van der Waals surface area contributed by atoms with Crippen molar-refractivity contribution in [1.29, 1.82) is 0 Å². The van der Waals surface area contributed by atoms with Crippen LogP contribution in [-0.4, -0.2) is 25.1 Å². The molecule has 0 fully saturated rings. The van der Waals surface area contributed by atoms with Crippen LogP contribution in [0.5, 0.6) is 5.75 Å². The molecule has 0 spiro atoms. The minimum atomic E-state index is -0.0583. The largest absolute Gasteiger partial charge is 0.490 e. The number of benzene rings is 1. The molecule has 1 aromatic rings. The highest BCUT2D eigenvalue weighted by Gasteiger charge is 2.08. The Morgan fingerprint density at radius 1 is 1.35 bits per heavy atom. The van der Waals surface area contributed by atoms with Crippen molar-refractivity contribution >= 4 is 11.5 Å². The second kappa shape index (κ2) is 6.25. The molecule has 0 saturated heterocycles. The molecule has 0 amide bonds. The Balaban J connectivity index is 2.61. The van der Waals surface area contributed by atoms with Crippen LogP contribution in [0.2, 0.25) is 0 Å². The zero-order valence-electron chi connectivity index (χ0n) is 10.5. The van der Waals surface area contributed by atoms with Gasteiger partial charge in [-0.05, 0) is 39.0 Å². The number of carbonyl (C=O) groups excluding carboxylic acids is 1. The van der Waals surface area contributed by atoms with Crippen molar-refractivity contribution in [3.05, 3.63) is 23.8 Å². The molecular weight excluding hydrogens is 218 g/mol. The van der Waals surface area contributed by atoms with Crippen molar-refractivity contribution in [1.82, 2.24) is 0 Å². The summed E-state index contributed by atoms with van der Waals surface area (Å²) in [6.45, 7) is 6.34. The number of hydrogen-bond acceptors (Lipinski definition) is 4. The van der Waals surface area contributed by atoms with Gasteiger partial charge in [0.15, 0.2) is 5.78 Å². The molecule has 0 aromatic heterocycles. The summed E-state index contributed by atoms with van der Waals surface area (Å²) in [6, 6.07) is 5.05. The third kappa shape index (κ3) is 4.44. The fourth-order valence-corrected chi connectivity index (χ4v) is 1.38. The summed E-state index contributed by atoms with van der Waals surface area (Å²) >= 11 is 0. The number of rotatable bonds is 6. The van der Waals surface area contributed by atoms with Gasteiger partial charge in [0.2, 0.25) is 0 Å². The van der Waals surface area contributed by atoms with Crippen LogP contribution in [-0.2, 0) is 4.74 Å². The third-order valence-electron chi connectivity index (χ3n) is 2.17.